The van der Waals surface area contributed by atoms with Crippen molar-refractivity contribution >= 4 is 33.9 Å². The summed E-state index contributed by atoms with van der Waals surface area (Å²) in [6, 6.07) is 17.8. The van der Waals surface area contributed by atoms with Crippen LogP contribution in [0.5, 0.6) is 0 Å². The van der Waals surface area contributed by atoms with Crippen molar-refractivity contribution in [3.05, 3.63) is 60.8 Å². The largest absolute Gasteiger partial charge is 0.381 e. The first kappa shape index (κ1) is 16.5. The monoisotopic (exact) mass is 347 g/mol. The topological polar surface area (TPSA) is 63.2 Å². The zero-order valence-electron chi connectivity index (χ0n) is 14.4. The van der Waals surface area contributed by atoms with Crippen LogP contribution >= 0.6 is 0 Å². The molecule has 3 aromatic rings. The second kappa shape index (κ2) is 7.54. The zero-order chi connectivity index (χ0) is 17.8. The van der Waals surface area contributed by atoms with Gasteiger partial charge < -0.3 is 15.4 Å². The maximum absolute atomic E-state index is 12.3. The Kier molecular flexibility index (Phi) is 4.80. The second-order valence-corrected chi connectivity index (χ2v) is 6.46. The Morgan fingerprint density at radius 2 is 1.69 bits per heavy atom. The lowest BCUT2D eigenvalue weighted by atomic mass is 9.99. The Balaban J connectivity index is 1.45. The van der Waals surface area contributed by atoms with E-state index in [0.29, 0.717) is 13.2 Å². The predicted octanol–water partition coefficient (Wildman–Crippen LogP) is 4.34. The van der Waals surface area contributed by atoms with E-state index in [1.807, 2.05) is 54.6 Å². The molecule has 2 heterocycles. The van der Waals surface area contributed by atoms with Crippen molar-refractivity contribution in [1.29, 1.82) is 0 Å². The first-order valence-electron chi connectivity index (χ1n) is 8.89. The number of fused-ring (bicyclic) bond motifs is 1. The van der Waals surface area contributed by atoms with Crippen LogP contribution in [0, 0.1) is 5.92 Å². The molecule has 0 atom stereocenters. The average molecular weight is 347 g/mol. The minimum absolute atomic E-state index is 0.0447. The number of para-hydroxylation sites is 1. The van der Waals surface area contributed by atoms with Gasteiger partial charge in [-0.15, -0.1) is 0 Å². The summed E-state index contributed by atoms with van der Waals surface area (Å²) in [4.78, 5) is 16.8. The van der Waals surface area contributed by atoms with E-state index < -0.39 is 0 Å². The first-order chi connectivity index (χ1) is 12.8. The van der Waals surface area contributed by atoms with E-state index in [4.69, 9.17) is 4.74 Å². The number of nitrogens with zero attached hydrogens (tertiary/aromatic N) is 1. The fourth-order valence-corrected chi connectivity index (χ4v) is 3.20. The van der Waals surface area contributed by atoms with E-state index in [-0.39, 0.29) is 11.8 Å². The van der Waals surface area contributed by atoms with Gasteiger partial charge in [0, 0.05) is 42.1 Å². The number of hydrogen-bond donors (Lipinski definition) is 2. The second-order valence-electron chi connectivity index (χ2n) is 6.46. The molecule has 0 saturated carbocycles. The van der Waals surface area contributed by atoms with Crippen LogP contribution in [0.1, 0.15) is 12.8 Å². The number of nitrogens with one attached hydrogen (secondary N) is 2. The molecule has 1 amide bonds. The number of pyridine rings is 1. The van der Waals surface area contributed by atoms with Gasteiger partial charge in [-0.25, -0.2) is 0 Å². The number of carbonyl (C=O) groups is 1. The zero-order valence-corrected chi connectivity index (χ0v) is 14.4. The van der Waals surface area contributed by atoms with Gasteiger partial charge in [0.05, 0.1) is 11.2 Å². The molecule has 132 valence electrons. The lowest BCUT2D eigenvalue weighted by molar-refractivity contribution is -0.122. The molecule has 4 rings (SSSR count). The molecule has 1 saturated heterocycles. The summed E-state index contributed by atoms with van der Waals surface area (Å²) in [5, 5.41) is 7.49. The molecule has 0 spiro atoms. The molecular weight excluding hydrogens is 326 g/mol. The molecule has 0 aliphatic carbocycles. The molecule has 0 unspecified atom stereocenters. The van der Waals surface area contributed by atoms with E-state index in [1.54, 1.807) is 6.20 Å². The predicted molar refractivity (Wildman–Crippen MR) is 104 cm³/mol. The van der Waals surface area contributed by atoms with Crippen LogP contribution in [0.3, 0.4) is 0 Å². The van der Waals surface area contributed by atoms with Crippen molar-refractivity contribution in [3.8, 4) is 0 Å². The van der Waals surface area contributed by atoms with Crippen LogP contribution in [0.25, 0.3) is 10.9 Å². The molecular formula is C21H21N3O2. The molecule has 1 aliphatic rings. The summed E-state index contributed by atoms with van der Waals surface area (Å²) in [6.45, 7) is 1.33. The van der Waals surface area contributed by atoms with E-state index in [9.17, 15) is 4.79 Å². The molecule has 1 aliphatic heterocycles. The average Bonchev–Trinajstić information content (AvgIpc) is 2.70. The minimum Gasteiger partial charge on any atom is -0.381 e. The van der Waals surface area contributed by atoms with Crippen LogP contribution < -0.4 is 10.6 Å². The quantitative estimate of drug-likeness (QED) is 0.737. The van der Waals surface area contributed by atoms with Crippen LogP contribution in [-0.4, -0.2) is 24.1 Å². The van der Waals surface area contributed by atoms with Crippen LogP contribution in [0.15, 0.2) is 60.8 Å². The van der Waals surface area contributed by atoms with Gasteiger partial charge in [-0.2, -0.15) is 0 Å². The van der Waals surface area contributed by atoms with E-state index in [0.717, 1.165) is 40.8 Å². The van der Waals surface area contributed by atoms with Crippen molar-refractivity contribution in [2.45, 2.75) is 12.8 Å². The number of ether oxygens (including phenoxy) is 1. The summed E-state index contributed by atoms with van der Waals surface area (Å²) >= 11 is 0. The standard InChI is InChI=1S/C21H21N3O2/c25-21(16-10-13-26-14-11-16)24-18-8-6-17(7-9-18)23-19-5-1-3-15-4-2-12-22-20(15)19/h1-9,12,16,23H,10-11,13-14H2,(H,24,25). The maximum Gasteiger partial charge on any atom is 0.227 e. The number of benzene rings is 2. The summed E-state index contributed by atoms with van der Waals surface area (Å²) < 4.78 is 5.31. The van der Waals surface area contributed by atoms with E-state index >= 15 is 0 Å². The molecule has 26 heavy (non-hydrogen) atoms. The van der Waals surface area contributed by atoms with Gasteiger partial charge in [0.1, 0.15) is 0 Å². The van der Waals surface area contributed by atoms with Gasteiger partial charge in [0.25, 0.3) is 0 Å². The molecule has 5 nitrogen and oxygen atoms in total. The van der Waals surface area contributed by atoms with Gasteiger partial charge in [0.2, 0.25) is 5.91 Å². The van der Waals surface area contributed by atoms with Crippen molar-refractivity contribution in [2.75, 3.05) is 23.8 Å². The van der Waals surface area contributed by atoms with Gasteiger partial charge in [-0.3, -0.25) is 9.78 Å². The molecule has 1 aromatic heterocycles. The number of anilines is 3. The molecule has 0 radical (unpaired) electrons. The van der Waals surface area contributed by atoms with Crippen LogP contribution in [-0.2, 0) is 9.53 Å². The highest BCUT2D eigenvalue weighted by Gasteiger charge is 2.21. The van der Waals surface area contributed by atoms with Crippen molar-refractivity contribution in [2.24, 2.45) is 5.92 Å². The lowest BCUT2D eigenvalue weighted by Crippen LogP contribution is -2.28. The Morgan fingerprint density at radius 1 is 0.962 bits per heavy atom. The number of aromatic nitrogens is 1. The third-order valence-corrected chi connectivity index (χ3v) is 4.66. The van der Waals surface area contributed by atoms with Crippen LogP contribution in [0.4, 0.5) is 17.1 Å². The van der Waals surface area contributed by atoms with Gasteiger partial charge in [0.15, 0.2) is 0 Å². The van der Waals surface area contributed by atoms with Crippen LogP contribution in [0.2, 0.25) is 0 Å². The summed E-state index contributed by atoms with van der Waals surface area (Å²) in [5.74, 6) is 0.121. The Morgan fingerprint density at radius 3 is 2.50 bits per heavy atom. The number of carbonyl (C=O) groups excluding carboxylic acids is 1. The number of rotatable bonds is 4. The highest BCUT2D eigenvalue weighted by Crippen LogP contribution is 2.25. The van der Waals surface area contributed by atoms with E-state index in [2.05, 4.69) is 15.6 Å². The number of hydrogen-bond acceptors (Lipinski definition) is 4. The molecule has 2 aromatic carbocycles. The van der Waals surface area contributed by atoms with Gasteiger partial charge in [-0.05, 0) is 49.2 Å². The summed E-state index contributed by atoms with van der Waals surface area (Å²) in [7, 11) is 0. The van der Waals surface area contributed by atoms with E-state index in [1.165, 1.54) is 0 Å². The summed E-state index contributed by atoms with van der Waals surface area (Å²) in [6.07, 6.45) is 3.38. The maximum atomic E-state index is 12.3. The Labute approximate surface area is 152 Å². The molecule has 0 bridgehead atoms. The lowest BCUT2D eigenvalue weighted by Gasteiger charge is -2.21. The highest BCUT2D eigenvalue weighted by molar-refractivity contribution is 5.94. The summed E-state index contributed by atoms with van der Waals surface area (Å²) in [5.41, 5.74) is 3.66. The third kappa shape index (κ3) is 3.68. The normalized spacial score (nSPS) is 14.9. The molecule has 2 N–H and O–H groups in total. The number of amides is 1. The van der Waals surface area contributed by atoms with Crippen molar-refractivity contribution in [1.82, 2.24) is 4.98 Å². The minimum atomic E-state index is 0.0447. The smallest absolute Gasteiger partial charge is 0.227 e. The molecule has 1 fully saturated rings. The van der Waals surface area contributed by atoms with Crippen molar-refractivity contribution in [3.63, 3.8) is 0 Å². The Hall–Kier alpha value is -2.92. The molecule has 5 heteroatoms. The fraction of sp³-hybridized carbons (Fsp3) is 0.238. The van der Waals surface area contributed by atoms with Gasteiger partial charge in [-0.1, -0.05) is 18.2 Å². The highest BCUT2D eigenvalue weighted by atomic mass is 16.5. The Bertz CT molecular complexity index is 897. The SMILES string of the molecule is O=C(Nc1ccc(Nc2cccc3cccnc23)cc1)C1CCOCC1. The van der Waals surface area contributed by atoms with Crippen molar-refractivity contribution < 1.29 is 9.53 Å². The fourth-order valence-electron chi connectivity index (χ4n) is 3.20. The first-order valence-corrected chi connectivity index (χ1v) is 8.89. The van der Waals surface area contributed by atoms with Gasteiger partial charge >= 0.3 is 0 Å². The third-order valence-electron chi connectivity index (χ3n) is 4.66.